The molecule has 19 heavy (non-hydrogen) atoms. The maximum Gasteiger partial charge on any atom is 0.251 e. The van der Waals surface area contributed by atoms with Crippen molar-refractivity contribution in [2.45, 2.75) is 6.54 Å². The molecule has 0 atom stereocenters. The third-order valence-electron chi connectivity index (χ3n) is 2.62. The summed E-state index contributed by atoms with van der Waals surface area (Å²) in [6.45, 7) is 0.378. The summed E-state index contributed by atoms with van der Waals surface area (Å²) in [6, 6.07) is 10.2. The van der Waals surface area contributed by atoms with Crippen molar-refractivity contribution in [3.8, 4) is 5.75 Å². The highest BCUT2D eigenvalue weighted by Crippen LogP contribution is 2.12. The highest BCUT2D eigenvalue weighted by atomic mass is 16.5. The summed E-state index contributed by atoms with van der Waals surface area (Å²) < 4.78 is 5.10. The van der Waals surface area contributed by atoms with E-state index in [1.807, 2.05) is 24.3 Å². The molecule has 0 fully saturated rings. The van der Waals surface area contributed by atoms with Gasteiger partial charge in [0.15, 0.2) is 0 Å². The lowest BCUT2D eigenvalue weighted by Gasteiger charge is -2.06. The standard InChI is InChI=1S/C14H14N2O3/c1-19-12-4-2-3-10(7-12)9-16-14(18)11-5-6-15-13(17)8-11/h2-8H,9H2,1H3,(H,15,17)(H,16,18). The van der Waals surface area contributed by atoms with Crippen LogP contribution in [0.1, 0.15) is 15.9 Å². The van der Waals surface area contributed by atoms with Gasteiger partial charge in [0.2, 0.25) is 5.56 Å². The molecular weight excluding hydrogens is 244 g/mol. The maximum absolute atomic E-state index is 11.8. The number of hydrogen-bond donors (Lipinski definition) is 2. The minimum atomic E-state index is -0.297. The largest absolute Gasteiger partial charge is 0.497 e. The number of carbonyl (C=O) groups is 1. The Morgan fingerprint density at radius 3 is 2.89 bits per heavy atom. The van der Waals surface area contributed by atoms with Gasteiger partial charge in [-0.25, -0.2) is 0 Å². The summed E-state index contributed by atoms with van der Waals surface area (Å²) in [5.74, 6) is 0.455. The average Bonchev–Trinajstić information content (AvgIpc) is 2.45. The maximum atomic E-state index is 11.8. The molecule has 2 N–H and O–H groups in total. The highest BCUT2D eigenvalue weighted by Gasteiger charge is 2.05. The Bertz CT molecular complexity index is 634. The van der Waals surface area contributed by atoms with Crippen molar-refractivity contribution in [1.82, 2.24) is 10.3 Å². The molecule has 0 unspecified atom stereocenters. The van der Waals surface area contributed by atoms with Gasteiger partial charge in [0.05, 0.1) is 7.11 Å². The lowest BCUT2D eigenvalue weighted by Crippen LogP contribution is -2.24. The number of amides is 1. The van der Waals surface area contributed by atoms with Gasteiger partial charge >= 0.3 is 0 Å². The molecule has 5 heteroatoms. The van der Waals surface area contributed by atoms with E-state index in [9.17, 15) is 9.59 Å². The van der Waals surface area contributed by atoms with Gasteiger partial charge in [-0.1, -0.05) is 12.1 Å². The van der Waals surface area contributed by atoms with Crippen molar-refractivity contribution >= 4 is 5.91 Å². The van der Waals surface area contributed by atoms with Crippen molar-refractivity contribution in [2.75, 3.05) is 7.11 Å². The molecule has 0 saturated carbocycles. The van der Waals surface area contributed by atoms with E-state index in [0.717, 1.165) is 11.3 Å². The molecule has 0 radical (unpaired) electrons. The van der Waals surface area contributed by atoms with Crippen LogP contribution >= 0.6 is 0 Å². The molecule has 0 bridgehead atoms. The van der Waals surface area contributed by atoms with Gasteiger partial charge in [-0.2, -0.15) is 0 Å². The Morgan fingerprint density at radius 1 is 1.32 bits per heavy atom. The molecule has 0 aliphatic rings. The van der Waals surface area contributed by atoms with E-state index in [1.165, 1.54) is 12.3 Å². The van der Waals surface area contributed by atoms with Crippen LogP contribution in [0.3, 0.4) is 0 Å². The second-order valence-corrected chi connectivity index (χ2v) is 3.98. The number of pyridine rings is 1. The van der Waals surface area contributed by atoms with Crippen LogP contribution in [-0.4, -0.2) is 18.0 Å². The van der Waals surface area contributed by atoms with Crippen LogP contribution in [0.2, 0.25) is 0 Å². The molecule has 0 saturated heterocycles. The van der Waals surface area contributed by atoms with Gasteiger partial charge in [-0.3, -0.25) is 9.59 Å². The fourth-order valence-corrected chi connectivity index (χ4v) is 1.65. The zero-order valence-corrected chi connectivity index (χ0v) is 10.5. The summed E-state index contributed by atoms with van der Waals surface area (Å²) in [5.41, 5.74) is 0.971. The highest BCUT2D eigenvalue weighted by molar-refractivity contribution is 5.93. The normalized spacial score (nSPS) is 9.95. The fourth-order valence-electron chi connectivity index (χ4n) is 1.65. The monoisotopic (exact) mass is 258 g/mol. The Hall–Kier alpha value is -2.56. The summed E-state index contributed by atoms with van der Waals surface area (Å²) in [7, 11) is 1.59. The van der Waals surface area contributed by atoms with Crippen LogP contribution in [0, 0.1) is 0 Å². The molecule has 0 spiro atoms. The second-order valence-electron chi connectivity index (χ2n) is 3.98. The summed E-state index contributed by atoms with van der Waals surface area (Å²) in [5, 5.41) is 2.75. The molecule has 2 rings (SSSR count). The van der Waals surface area contributed by atoms with Gasteiger partial charge in [0, 0.05) is 24.4 Å². The van der Waals surface area contributed by atoms with E-state index < -0.39 is 0 Å². The number of nitrogens with one attached hydrogen (secondary N) is 2. The third kappa shape index (κ3) is 3.45. The predicted octanol–water partition coefficient (Wildman–Crippen LogP) is 1.31. The number of carbonyl (C=O) groups excluding carboxylic acids is 1. The lowest BCUT2D eigenvalue weighted by atomic mass is 10.2. The number of aromatic amines is 1. The fraction of sp³-hybridized carbons (Fsp3) is 0.143. The Labute approximate surface area is 110 Å². The molecule has 0 aliphatic carbocycles. The molecule has 98 valence electrons. The van der Waals surface area contributed by atoms with E-state index in [2.05, 4.69) is 10.3 Å². The van der Waals surface area contributed by atoms with Gasteiger partial charge in [0.25, 0.3) is 5.91 Å². The molecule has 2 aromatic rings. The molecular formula is C14H14N2O3. The first-order chi connectivity index (χ1) is 9.19. The van der Waals surface area contributed by atoms with Crippen LogP contribution in [0.15, 0.2) is 47.4 Å². The first-order valence-electron chi connectivity index (χ1n) is 5.79. The summed E-state index contributed by atoms with van der Waals surface area (Å²) in [4.78, 5) is 25.4. The van der Waals surface area contributed by atoms with Gasteiger partial charge < -0.3 is 15.0 Å². The quantitative estimate of drug-likeness (QED) is 0.868. The molecule has 5 nitrogen and oxygen atoms in total. The van der Waals surface area contributed by atoms with Crippen LogP contribution in [0.4, 0.5) is 0 Å². The molecule has 1 amide bonds. The number of hydrogen-bond acceptors (Lipinski definition) is 3. The number of H-pyrrole nitrogens is 1. The van der Waals surface area contributed by atoms with Crippen LogP contribution in [-0.2, 0) is 6.54 Å². The van der Waals surface area contributed by atoms with Crippen molar-refractivity contribution < 1.29 is 9.53 Å². The van der Waals surface area contributed by atoms with Crippen LogP contribution < -0.4 is 15.6 Å². The zero-order valence-electron chi connectivity index (χ0n) is 10.5. The van der Waals surface area contributed by atoms with E-state index in [-0.39, 0.29) is 11.5 Å². The van der Waals surface area contributed by atoms with Crippen molar-refractivity contribution in [1.29, 1.82) is 0 Å². The minimum Gasteiger partial charge on any atom is -0.497 e. The molecule has 1 aromatic carbocycles. The first-order valence-corrected chi connectivity index (χ1v) is 5.79. The minimum absolute atomic E-state index is 0.283. The van der Waals surface area contributed by atoms with Gasteiger partial charge in [0.1, 0.15) is 5.75 Å². The Kier molecular flexibility index (Phi) is 3.97. The number of aromatic nitrogens is 1. The number of benzene rings is 1. The van der Waals surface area contributed by atoms with E-state index in [4.69, 9.17) is 4.74 Å². The summed E-state index contributed by atoms with van der Waals surface area (Å²) in [6.07, 6.45) is 1.45. The first kappa shape index (κ1) is 12.9. The third-order valence-corrected chi connectivity index (χ3v) is 2.62. The van der Waals surface area contributed by atoms with Crippen LogP contribution in [0.25, 0.3) is 0 Å². The van der Waals surface area contributed by atoms with E-state index in [0.29, 0.717) is 12.1 Å². The Morgan fingerprint density at radius 2 is 2.16 bits per heavy atom. The number of rotatable bonds is 4. The number of ether oxygens (including phenoxy) is 1. The average molecular weight is 258 g/mol. The molecule has 0 aliphatic heterocycles. The van der Waals surface area contributed by atoms with Crippen molar-refractivity contribution in [3.05, 3.63) is 64.1 Å². The topological polar surface area (TPSA) is 71.2 Å². The second kappa shape index (κ2) is 5.86. The lowest BCUT2D eigenvalue weighted by molar-refractivity contribution is 0.0950. The number of methoxy groups -OCH3 is 1. The van der Waals surface area contributed by atoms with Crippen molar-refractivity contribution in [3.63, 3.8) is 0 Å². The van der Waals surface area contributed by atoms with Gasteiger partial charge in [-0.05, 0) is 23.8 Å². The van der Waals surface area contributed by atoms with E-state index in [1.54, 1.807) is 13.2 Å². The molecule has 1 aromatic heterocycles. The Balaban J connectivity index is 2.02. The van der Waals surface area contributed by atoms with Crippen molar-refractivity contribution in [2.24, 2.45) is 0 Å². The van der Waals surface area contributed by atoms with E-state index >= 15 is 0 Å². The zero-order chi connectivity index (χ0) is 13.7. The smallest absolute Gasteiger partial charge is 0.251 e. The predicted molar refractivity (Wildman–Crippen MR) is 71.2 cm³/mol. The summed E-state index contributed by atoms with van der Waals surface area (Å²) >= 11 is 0. The van der Waals surface area contributed by atoms with Crippen LogP contribution in [0.5, 0.6) is 5.75 Å². The SMILES string of the molecule is COc1cccc(CNC(=O)c2cc[nH]c(=O)c2)c1. The van der Waals surface area contributed by atoms with Gasteiger partial charge in [-0.15, -0.1) is 0 Å². The molecule has 1 heterocycles.